The van der Waals surface area contributed by atoms with Crippen molar-refractivity contribution in [3.05, 3.63) is 251 Å². The quantitative estimate of drug-likeness (QED) is 0.0550. The molecule has 5 aromatic rings. The number of allylic oxidation sites excluding steroid dienone is 4. The summed E-state index contributed by atoms with van der Waals surface area (Å²) in [5.74, 6) is -46.1. The van der Waals surface area contributed by atoms with Crippen LogP contribution in [0.15, 0.2) is 82.9 Å². The van der Waals surface area contributed by atoms with Crippen molar-refractivity contribution in [2.45, 2.75) is 13.8 Å². The zero-order valence-electron chi connectivity index (χ0n) is 34.2. The van der Waals surface area contributed by atoms with E-state index < -0.39 is 138 Å². The molecule has 5 aromatic carbocycles. The third-order valence-electron chi connectivity index (χ3n) is 10.2. The minimum Gasteiger partial charge on any atom is -0.803 e. The first-order valence-electron chi connectivity index (χ1n) is 18.8. The van der Waals surface area contributed by atoms with Crippen molar-refractivity contribution >= 4 is 28.2 Å². The molecule has 0 unspecified atom stereocenters. The fourth-order valence-corrected chi connectivity index (χ4v) is 7.28. The van der Waals surface area contributed by atoms with E-state index in [0.29, 0.717) is 5.56 Å². The van der Waals surface area contributed by atoms with E-state index in [1.807, 2.05) is 88.5 Å². The van der Waals surface area contributed by atoms with Gasteiger partial charge < -0.3 is 5.41 Å². The van der Waals surface area contributed by atoms with Gasteiger partial charge in [0.15, 0.2) is 52.4 Å². The molecule has 67 heavy (non-hydrogen) atoms. The van der Waals surface area contributed by atoms with Gasteiger partial charge in [-0.3, -0.25) is 0 Å². The standard InChI is InChI=1S/C31H11BF15N.C7H5N.2C5H5.Zr/c1-8-11(9(2)31(48)10-6-4-3-5-7-10)12(8)32(13-16(33)22(39)28(45)23(40)17(13)34,14-18(35)24(41)29(46)25(42)19(14)36)15-20(37)26(43)30(47)27(44)21(15)38;8-6-7-4-2-1-3-5-7;2*1-2-4-5-3-1;/h3-7H,1-2H3;1-5H;2*1-5H;/q-2;;;;+4/b11-9+;;;;. The fraction of sp³-hybridized carbons (Fsp3) is 0.0417. The summed E-state index contributed by atoms with van der Waals surface area (Å²) >= 11 is 0. The van der Waals surface area contributed by atoms with Crippen LogP contribution < -0.4 is 16.4 Å². The summed E-state index contributed by atoms with van der Waals surface area (Å²) in [6.07, 6.45) is 14.1. The van der Waals surface area contributed by atoms with E-state index in [9.17, 15) is 44.9 Å². The molecule has 0 spiro atoms. The van der Waals surface area contributed by atoms with Crippen molar-refractivity contribution in [3.8, 4) is 6.07 Å². The average molecular weight is 1020 g/mol. The first-order chi connectivity index (χ1) is 31.3. The van der Waals surface area contributed by atoms with Crippen LogP contribution in [0.2, 0.25) is 0 Å². The normalized spacial score (nSPS) is 14.7. The van der Waals surface area contributed by atoms with Crippen LogP contribution >= 0.6 is 0 Å². The number of halogens is 15. The third-order valence-corrected chi connectivity index (χ3v) is 10.2. The number of benzene rings is 5. The van der Waals surface area contributed by atoms with E-state index in [2.05, 4.69) is 0 Å². The molecule has 19 heteroatoms. The molecule has 8 rings (SSSR count). The first kappa shape index (κ1) is 54.2. The summed E-state index contributed by atoms with van der Waals surface area (Å²) in [5, 5.41) is 19.2. The van der Waals surface area contributed by atoms with Gasteiger partial charge in [0.1, 0.15) is 41.0 Å². The van der Waals surface area contributed by atoms with Gasteiger partial charge in [0, 0.05) is 0 Å². The van der Waals surface area contributed by atoms with Crippen molar-refractivity contribution < 1.29 is 92.1 Å². The molecule has 2 nitrogen and oxygen atoms in total. The van der Waals surface area contributed by atoms with Crippen molar-refractivity contribution in [1.82, 2.24) is 0 Å². The van der Waals surface area contributed by atoms with Gasteiger partial charge >= 0.3 is 26.2 Å². The first-order valence-corrected chi connectivity index (χ1v) is 18.8. The van der Waals surface area contributed by atoms with Gasteiger partial charge in [-0.1, -0.05) is 65.3 Å². The van der Waals surface area contributed by atoms with Crippen LogP contribution in [0.25, 0.3) is 5.41 Å². The van der Waals surface area contributed by atoms with Gasteiger partial charge in [-0.15, -0.1) is 22.1 Å². The zero-order valence-corrected chi connectivity index (χ0v) is 36.6. The van der Waals surface area contributed by atoms with E-state index in [1.165, 1.54) is 30.3 Å². The molecule has 10 radical (unpaired) electrons. The van der Waals surface area contributed by atoms with Crippen molar-refractivity contribution in [2.75, 3.05) is 0 Å². The molecule has 2 fully saturated rings. The Morgan fingerprint density at radius 2 is 0.687 bits per heavy atom. The van der Waals surface area contributed by atoms with Crippen LogP contribution in [0.1, 0.15) is 25.0 Å². The largest absolute Gasteiger partial charge is 4.00 e. The Bertz CT molecular complexity index is 2480. The van der Waals surface area contributed by atoms with Gasteiger partial charge in [-0.2, -0.15) is 10.7 Å². The molecule has 0 aliphatic heterocycles. The molecule has 3 aliphatic rings. The van der Waals surface area contributed by atoms with Gasteiger partial charge in [-0.25, -0.2) is 65.9 Å². The van der Waals surface area contributed by atoms with Crippen LogP contribution in [0.5, 0.6) is 0 Å². The molecule has 0 atom stereocenters. The Labute approximate surface area is 394 Å². The molecule has 3 aliphatic carbocycles. The maximum atomic E-state index is 15.8. The minimum absolute atomic E-state index is 0. The molecule has 0 amide bonds. The monoisotopic (exact) mass is 1020 g/mol. The second kappa shape index (κ2) is 23.1. The SMILES string of the molecule is CC1=C([B-](c2c(F)c(F)c(F)c(F)c2F)(c2c(F)c(F)c(F)c(F)c2F)c2c(F)c(F)c(F)c(F)c2F)C/1=C(\C)C(=[N-])c1ccccc1.N#Cc1ccccc1.[CH]1[CH][CH][CH][CH]1.[CH]1[CH][CH][CH][CH]1.[Zr+4]. The fourth-order valence-electron chi connectivity index (χ4n) is 7.28. The van der Waals surface area contributed by atoms with E-state index >= 15 is 26.3 Å². The van der Waals surface area contributed by atoms with Crippen molar-refractivity contribution in [3.63, 3.8) is 0 Å². The molecule has 0 heterocycles. The summed E-state index contributed by atoms with van der Waals surface area (Å²) < 4.78 is 226. The number of rotatable bonds is 6. The molecule has 338 valence electrons. The summed E-state index contributed by atoms with van der Waals surface area (Å²) in [4.78, 5) is 0. The number of hydrogen-bond acceptors (Lipinski definition) is 1. The summed E-state index contributed by atoms with van der Waals surface area (Å²) in [5.41, 5.74) is -11.8. The van der Waals surface area contributed by atoms with E-state index in [0.717, 1.165) is 13.8 Å². The van der Waals surface area contributed by atoms with Gasteiger partial charge in [-0.05, 0) is 95.8 Å². The maximum Gasteiger partial charge on any atom is 4.00 e. The van der Waals surface area contributed by atoms with Gasteiger partial charge in [0.05, 0.1) is 11.6 Å². The molecule has 0 saturated heterocycles. The number of hydrogen-bond donors (Lipinski definition) is 0. The Balaban J connectivity index is 0.000000425. The molecule has 0 N–H and O–H groups in total. The molecule has 0 bridgehead atoms. The smallest absolute Gasteiger partial charge is 0.803 e. The second-order valence-corrected chi connectivity index (χ2v) is 14.0. The number of nitrogens with zero attached hydrogens (tertiary/aromatic N) is 2. The second-order valence-electron chi connectivity index (χ2n) is 14.0. The van der Waals surface area contributed by atoms with Crippen molar-refractivity contribution in [1.29, 1.82) is 5.26 Å². The van der Waals surface area contributed by atoms with Gasteiger partial charge in [0.2, 0.25) is 0 Å². The molecule has 2 saturated carbocycles. The molecule has 0 aromatic heterocycles. The minimum atomic E-state index is -5.89. The maximum absolute atomic E-state index is 15.8. The number of nitriles is 1. The Morgan fingerprint density at radius 3 is 0.940 bits per heavy atom. The Kier molecular flexibility index (Phi) is 18.7. The Morgan fingerprint density at radius 1 is 0.433 bits per heavy atom. The molecular formula is C48H26BF15N2Zr+2. The summed E-state index contributed by atoms with van der Waals surface area (Å²) in [6, 6.07) is 17.8. The zero-order chi connectivity index (χ0) is 48.8. The van der Waals surface area contributed by atoms with Crippen LogP contribution in [-0.4, -0.2) is 11.9 Å². The summed E-state index contributed by atoms with van der Waals surface area (Å²) in [6.45, 7) is 1.72. The average Bonchev–Trinajstić information content (AvgIpc) is 3.83. The topological polar surface area (TPSA) is 46.1 Å². The van der Waals surface area contributed by atoms with E-state index in [4.69, 9.17) is 5.26 Å². The van der Waals surface area contributed by atoms with Crippen LogP contribution in [-0.2, 0) is 26.2 Å². The Hall–Kier alpha value is -5.36. The molecular weight excluding hydrogens is 992 g/mol. The van der Waals surface area contributed by atoms with Crippen LogP contribution in [0.4, 0.5) is 65.9 Å². The van der Waals surface area contributed by atoms with E-state index in [-0.39, 0.29) is 31.8 Å². The predicted molar refractivity (Wildman–Crippen MR) is 217 cm³/mol. The van der Waals surface area contributed by atoms with Crippen molar-refractivity contribution in [2.24, 2.45) is 0 Å². The van der Waals surface area contributed by atoms with Crippen LogP contribution in [0, 0.1) is 163 Å². The summed E-state index contributed by atoms with van der Waals surface area (Å²) in [7, 11) is 0. The van der Waals surface area contributed by atoms with Crippen LogP contribution in [0.3, 0.4) is 0 Å². The predicted octanol–water partition coefficient (Wildman–Crippen LogP) is 11.1. The third kappa shape index (κ3) is 10.5. The van der Waals surface area contributed by atoms with E-state index in [1.54, 1.807) is 12.1 Å². The van der Waals surface area contributed by atoms with Gasteiger partial charge in [0.25, 0.3) is 0 Å².